The number of hydrogen-bond donors (Lipinski definition) is 1. The van der Waals surface area contributed by atoms with Gasteiger partial charge in [-0.15, -0.1) is 23.1 Å². The molecule has 1 aromatic heterocycles. The number of hydrogen-bond acceptors (Lipinski definition) is 3. The molecule has 0 radical (unpaired) electrons. The molecule has 0 saturated heterocycles. The fraction of sp³-hybridized carbons (Fsp3) is 0.154. The van der Waals surface area contributed by atoms with E-state index < -0.39 is 5.82 Å². The maximum absolute atomic E-state index is 13.5. The molecule has 0 atom stereocenters. The Morgan fingerprint density at radius 1 is 1.42 bits per heavy atom. The smallest absolute Gasteiger partial charge is 0.234 e. The zero-order chi connectivity index (χ0) is 13.7. The van der Waals surface area contributed by atoms with Crippen molar-refractivity contribution in [3.8, 4) is 0 Å². The summed E-state index contributed by atoms with van der Waals surface area (Å²) in [6, 6.07) is 8.17. The molecule has 100 valence electrons. The van der Waals surface area contributed by atoms with Crippen molar-refractivity contribution in [2.45, 2.75) is 5.75 Å². The monoisotopic (exact) mass is 315 g/mol. The van der Waals surface area contributed by atoms with Gasteiger partial charge in [-0.3, -0.25) is 4.79 Å². The van der Waals surface area contributed by atoms with Gasteiger partial charge in [0.25, 0.3) is 0 Å². The molecule has 1 N–H and O–H groups in total. The van der Waals surface area contributed by atoms with Crippen LogP contribution >= 0.6 is 34.7 Å². The van der Waals surface area contributed by atoms with Gasteiger partial charge in [0.1, 0.15) is 5.82 Å². The number of thiophene rings is 1. The van der Waals surface area contributed by atoms with Crippen LogP contribution in [0.4, 0.5) is 10.1 Å². The zero-order valence-electron chi connectivity index (χ0n) is 9.86. The molecule has 0 fully saturated rings. The Labute approximate surface area is 124 Å². The molecular weight excluding hydrogens is 305 g/mol. The summed E-state index contributed by atoms with van der Waals surface area (Å²) in [5.74, 6) is 0.334. The first-order chi connectivity index (χ1) is 9.15. The normalized spacial score (nSPS) is 10.4. The molecule has 0 spiro atoms. The van der Waals surface area contributed by atoms with Gasteiger partial charge in [-0.05, 0) is 29.6 Å². The highest BCUT2D eigenvalue weighted by atomic mass is 35.5. The average Bonchev–Trinajstić information content (AvgIpc) is 2.86. The van der Waals surface area contributed by atoms with Crippen LogP contribution < -0.4 is 5.32 Å². The maximum atomic E-state index is 13.5. The Hall–Kier alpha value is -1.04. The van der Waals surface area contributed by atoms with Crippen LogP contribution in [0.15, 0.2) is 35.7 Å². The molecule has 2 aromatic rings. The summed E-state index contributed by atoms with van der Waals surface area (Å²) in [5, 5.41) is 4.83. The molecule has 1 amide bonds. The van der Waals surface area contributed by atoms with Crippen LogP contribution in [-0.4, -0.2) is 11.7 Å². The van der Waals surface area contributed by atoms with Crippen LogP contribution in [0.3, 0.4) is 0 Å². The highest BCUT2D eigenvalue weighted by Crippen LogP contribution is 2.20. The van der Waals surface area contributed by atoms with E-state index in [2.05, 4.69) is 5.32 Å². The van der Waals surface area contributed by atoms with Gasteiger partial charge in [-0.1, -0.05) is 17.7 Å². The fourth-order valence-corrected chi connectivity index (χ4v) is 3.24. The van der Waals surface area contributed by atoms with Crippen molar-refractivity contribution in [2.75, 3.05) is 11.1 Å². The van der Waals surface area contributed by atoms with Crippen LogP contribution in [0.25, 0.3) is 0 Å². The van der Waals surface area contributed by atoms with E-state index in [-0.39, 0.29) is 11.6 Å². The molecule has 6 heteroatoms. The average molecular weight is 316 g/mol. The fourth-order valence-electron chi connectivity index (χ4n) is 1.42. The Kier molecular flexibility index (Phi) is 5.24. The van der Waals surface area contributed by atoms with Crippen molar-refractivity contribution in [2.24, 2.45) is 0 Å². The number of thioether (sulfide) groups is 1. The van der Waals surface area contributed by atoms with Gasteiger partial charge in [0.2, 0.25) is 5.91 Å². The van der Waals surface area contributed by atoms with Crippen LogP contribution in [0.1, 0.15) is 4.88 Å². The van der Waals surface area contributed by atoms with Crippen molar-refractivity contribution in [1.82, 2.24) is 0 Å². The van der Waals surface area contributed by atoms with E-state index in [1.807, 2.05) is 17.5 Å². The van der Waals surface area contributed by atoms with E-state index in [0.29, 0.717) is 10.8 Å². The summed E-state index contributed by atoms with van der Waals surface area (Å²) in [6.45, 7) is 0. The number of carbonyl (C=O) groups excluding carboxylic acids is 1. The zero-order valence-corrected chi connectivity index (χ0v) is 12.2. The minimum absolute atomic E-state index is 0.158. The van der Waals surface area contributed by atoms with Crippen molar-refractivity contribution < 1.29 is 9.18 Å². The SMILES string of the molecule is O=C(CSCc1cccs1)Nc1ccc(Cl)cc1F. The first-order valence-electron chi connectivity index (χ1n) is 5.50. The lowest BCUT2D eigenvalue weighted by molar-refractivity contribution is -0.113. The van der Waals surface area contributed by atoms with Crippen LogP contribution in [-0.2, 0) is 10.5 Å². The predicted octanol–water partition coefficient (Wildman–Crippen LogP) is 4.41. The minimum atomic E-state index is -0.524. The number of benzene rings is 1. The van der Waals surface area contributed by atoms with Crippen molar-refractivity contribution in [3.63, 3.8) is 0 Å². The van der Waals surface area contributed by atoms with Gasteiger partial charge in [0, 0.05) is 15.7 Å². The molecule has 0 saturated carbocycles. The highest BCUT2D eigenvalue weighted by Gasteiger charge is 2.07. The third-order valence-electron chi connectivity index (χ3n) is 2.26. The number of nitrogens with one attached hydrogen (secondary N) is 1. The summed E-state index contributed by atoms with van der Waals surface area (Å²) in [5.41, 5.74) is 0.158. The third-order valence-corrected chi connectivity index (χ3v) is 4.54. The number of rotatable bonds is 5. The second-order valence-corrected chi connectivity index (χ2v) is 6.20. The summed E-state index contributed by atoms with van der Waals surface area (Å²) in [4.78, 5) is 12.9. The van der Waals surface area contributed by atoms with Gasteiger partial charge in [-0.25, -0.2) is 4.39 Å². The lowest BCUT2D eigenvalue weighted by Crippen LogP contribution is -2.15. The Bertz CT molecular complexity index is 560. The third kappa shape index (κ3) is 4.53. The van der Waals surface area contributed by atoms with Crippen molar-refractivity contribution in [1.29, 1.82) is 0 Å². The lowest BCUT2D eigenvalue weighted by Gasteiger charge is -2.06. The van der Waals surface area contributed by atoms with Gasteiger partial charge < -0.3 is 5.32 Å². The highest BCUT2D eigenvalue weighted by molar-refractivity contribution is 7.99. The largest absolute Gasteiger partial charge is 0.323 e. The first kappa shape index (κ1) is 14.4. The lowest BCUT2D eigenvalue weighted by atomic mass is 10.3. The van der Waals surface area contributed by atoms with E-state index in [4.69, 9.17) is 11.6 Å². The van der Waals surface area contributed by atoms with E-state index >= 15 is 0 Å². The molecule has 0 aliphatic rings. The number of halogens is 2. The molecule has 19 heavy (non-hydrogen) atoms. The molecule has 0 unspecified atom stereocenters. The van der Waals surface area contributed by atoms with E-state index in [1.165, 1.54) is 28.8 Å². The maximum Gasteiger partial charge on any atom is 0.234 e. The van der Waals surface area contributed by atoms with E-state index in [9.17, 15) is 9.18 Å². The van der Waals surface area contributed by atoms with Crippen LogP contribution in [0, 0.1) is 5.82 Å². The molecule has 1 heterocycles. The molecule has 2 rings (SSSR count). The quantitative estimate of drug-likeness (QED) is 0.885. The number of carbonyl (C=O) groups is 1. The summed E-state index contributed by atoms with van der Waals surface area (Å²) >= 11 is 8.79. The summed E-state index contributed by atoms with van der Waals surface area (Å²) in [7, 11) is 0. The van der Waals surface area contributed by atoms with Crippen LogP contribution in [0.5, 0.6) is 0 Å². The van der Waals surface area contributed by atoms with Crippen molar-refractivity contribution >= 4 is 46.3 Å². The molecule has 0 aliphatic heterocycles. The summed E-state index contributed by atoms with van der Waals surface area (Å²) < 4.78 is 13.5. The van der Waals surface area contributed by atoms with Gasteiger partial charge >= 0.3 is 0 Å². The predicted molar refractivity (Wildman–Crippen MR) is 80.5 cm³/mol. The Morgan fingerprint density at radius 3 is 2.95 bits per heavy atom. The second-order valence-electron chi connectivity index (χ2n) is 3.74. The molecule has 2 nitrogen and oxygen atoms in total. The van der Waals surface area contributed by atoms with Gasteiger partial charge in [0.05, 0.1) is 11.4 Å². The molecule has 1 aromatic carbocycles. The summed E-state index contributed by atoms with van der Waals surface area (Å²) in [6.07, 6.45) is 0. The van der Waals surface area contributed by atoms with E-state index in [0.717, 1.165) is 5.75 Å². The Balaban J connectivity index is 1.80. The standard InChI is InChI=1S/C13H11ClFNOS2/c14-9-3-4-12(11(15)6-9)16-13(17)8-18-7-10-2-1-5-19-10/h1-6H,7-8H2,(H,16,17). The van der Waals surface area contributed by atoms with Crippen LogP contribution in [0.2, 0.25) is 5.02 Å². The molecule has 0 bridgehead atoms. The van der Waals surface area contributed by atoms with Gasteiger partial charge in [0.15, 0.2) is 0 Å². The Morgan fingerprint density at radius 2 is 2.26 bits per heavy atom. The topological polar surface area (TPSA) is 29.1 Å². The first-order valence-corrected chi connectivity index (χ1v) is 7.91. The van der Waals surface area contributed by atoms with Gasteiger partial charge in [-0.2, -0.15) is 0 Å². The van der Waals surface area contributed by atoms with Crippen molar-refractivity contribution in [3.05, 3.63) is 51.4 Å². The number of anilines is 1. The number of amides is 1. The molecule has 0 aliphatic carbocycles. The minimum Gasteiger partial charge on any atom is -0.323 e. The second kappa shape index (κ2) is 6.93. The molecular formula is C13H11ClFNOS2. The van der Waals surface area contributed by atoms with E-state index in [1.54, 1.807) is 17.4 Å².